The van der Waals surface area contributed by atoms with Crippen LogP contribution in [0, 0.1) is 0 Å². The maximum atomic E-state index is 5.31. The third-order valence-corrected chi connectivity index (χ3v) is 2.75. The lowest BCUT2D eigenvalue weighted by Gasteiger charge is -2.05. The molecule has 0 atom stereocenters. The Balaban J connectivity index is 1.99. The van der Waals surface area contributed by atoms with E-state index in [4.69, 9.17) is 9.26 Å². The number of nitrogens with zero attached hydrogens (tertiary/aromatic N) is 2. The van der Waals surface area contributed by atoms with Crippen molar-refractivity contribution in [2.24, 2.45) is 0 Å². The first-order valence-corrected chi connectivity index (χ1v) is 6.47. The van der Waals surface area contributed by atoms with Crippen LogP contribution in [0.15, 0.2) is 28.8 Å². The highest BCUT2D eigenvalue weighted by molar-refractivity contribution is 5.35. The summed E-state index contributed by atoms with van der Waals surface area (Å²) in [6.45, 7) is 3.69. The topological polar surface area (TPSA) is 60.2 Å². The van der Waals surface area contributed by atoms with Crippen molar-refractivity contribution in [2.45, 2.75) is 26.3 Å². The van der Waals surface area contributed by atoms with Crippen LogP contribution in [0.2, 0.25) is 0 Å². The molecule has 0 saturated carbocycles. The van der Waals surface area contributed by atoms with Gasteiger partial charge in [0.1, 0.15) is 5.75 Å². The van der Waals surface area contributed by atoms with Crippen molar-refractivity contribution in [3.63, 3.8) is 0 Å². The highest BCUT2D eigenvalue weighted by Gasteiger charge is 2.09. The largest absolute Gasteiger partial charge is 0.496 e. The second kappa shape index (κ2) is 6.89. The highest BCUT2D eigenvalue weighted by Crippen LogP contribution is 2.19. The van der Waals surface area contributed by atoms with Crippen molar-refractivity contribution in [3.8, 4) is 5.75 Å². The van der Waals surface area contributed by atoms with E-state index in [0.29, 0.717) is 24.7 Å². The summed E-state index contributed by atoms with van der Waals surface area (Å²) in [4.78, 5) is 4.36. The molecular weight excluding hydrogens is 242 g/mol. The minimum absolute atomic E-state index is 0.612. The van der Waals surface area contributed by atoms with Gasteiger partial charge in [-0.3, -0.25) is 0 Å². The molecular formula is C14H19N3O2. The van der Waals surface area contributed by atoms with Crippen LogP contribution >= 0.6 is 0 Å². The number of ether oxygens (including phenoxy) is 1. The molecule has 0 amide bonds. The molecule has 1 aromatic carbocycles. The van der Waals surface area contributed by atoms with E-state index in [0.717, 1.165) is 24.3 Å². The first-order chi connectivity index (χ1) is 9.33. The van der Waals surface area contributed by atoms with E-state index in [1.54, 1.807) is 7.11 Å². The average molecular weight is 261 g/mol. The van der Waals surface area contributed by atoms with Crippen molar-refractivity contribution in [1.29, 1.82) is 0 Å². The molecule has 1 heterocycles. The van der Waals surface area contributed by atoms with E-state index in [9.17, 15) is 0 Å². The van der Waals surface area contributed by atoms with Crippen LogP contribution in [-0.4, -0.2) is 23.8 Å². The van der Waals surface area contributed by atoms with Crippen LogP contribution in [0.4, 0.5) is 0 Å². The number of benzene rings is 1. The molecule has 2 rings (SSSR count). The third kappa shape index (κ3) is 3.79. The molecule has 0 aliphatic heterocycles. The van der Waals surface area contributed by atoms with Crippen molar-refractivity contribution >= 4 is 0 Å². The van der Waals surface area contributed by atoms with Gasteiger partial charge in [0.15, 0.2) is 5.82 Å². The summed E-state index contributed by atoms with van der Waals surface area (Å²) in [7, 11) is 1.66. The summed E-state index contributed by atoms with van der Waals surface area (Å²) in [5, 5.41) is 7.21. The summed E-state index contributed by atoms with van der Waals surface area (Å²) < 4.78 is 10.5. The van der Waals surface area contributed by atoms with Gasteiger partial charge in [0.25, 0.3) is 0 Å². The highest BCUT2D eigenvalue weighted by atomic mass is 16.5. The van der Waals surface area contributed by atoms with E-state index in [1.807, 2.05) is 24.3 Å². The number of methoxy groups -OCH3 is 1. The Labute approximate surface area is 113 Å². The summed E-state index contributed by atoms with van der Waals surface area (Å²) in [5.74, 6) is 2.15. The number of aromatic nitrogens is 2. The summed E-state index contributed by atoms with van der Waals surface area (Å²) >= 11 is 0. The molecule has 0 saturated heterocycles. The lowest BCUT2D eigenvalue weighted by atomic mass is 10.1. The zero-order valence-corrected chi connectivity index (χ0v) is 11.3. The third-order valence-electron chi connectivity index (χ3n) is 2.75. The number of rotatable bonds is 7. The van der Waals surface area contributed by atoms with Gasteiger partial charge in [0.05, 0.1) is 13.7 Å². The van der Waals surface area contributed by atoms with Crippen LogP contribution in [0.3, 0.4) is 0 Å². The molecule has 1 N–H and O–H groups in total. The number of para-hydroxylation sites is 1. The molecule has 0 aliphatic rings. The quantitative estimate of drug-likeness (QED) is 0.774. The van der Waals surface area contributed by atoms with Gasteiger partial charge in [-0.15, -0.1) is 0 Å². The van der Waals surface area contributed by atoms with Gasteiger partial charge >= 0.3 is 0 Å². The lowest BCUT2D eigenvalue weighted by molar-refractivity contribution is 0.363. The Hall–Kier alpha value is -1.88. The molecule has 0 bridgehead atoms. The fourth-order valence-corrected chi connectivity index (χ4v) is 1.83. The average Bonchev–Trinajstić information content (AvgIpc) is 2.87. The molecule has 102 valence electrons. The number of hydrogen-bond acceptors (Lipinski definition) is 5. The van der Waals surface area contributed by atoms with Gasteiger partial charge < -0.3 is 14.6 Å². The molecule has 0 unspecified atom stereocenters. The van der Waals surface area contributed by atoms with Gasteiger partial charge in [-0.2, -0.15) is 4.98 Å². The molecule has 0 aliphatic carbocycles. The Morgan fingerprint density at radius 1 is 1.32 bits per heavy atom. The minimum atomic E-state index is 0.612. The Kier molecular flexibility index (Phi) is 4.92. The minimum Gasteiger partial charge on any atom is -0.496 e. The fraction of sp³-hybridized carbons (Fsp3) is 0.429. The van der Waals surface area contributed by atoms with Gasteiger partial charge in [-0.25, -0.2) is 0 Å². The Morgan fingerprint density at radius 3 is 2.95 bits per heavy atom. The van der Waals surface area contributed by atoms with Crippen LogP contribution in [0.1, 0.15) is 30.6 Å². The molecule has 5 nitrogen and oxygen atoms in total. The molecule has 0 radical (unpaired) electrons. The maximum Gasteiger partial charge on any atom is 0.240 e. The van der Waals surface area contributed by atoms with E-state index >= 15 is 0 Å². The second-order valence-corrected chi connectivity index (χ2v) is 4.27. The lowest BCUT2D eigenvalue weighted by Crippen LogP contribution is -2.13. The molecule has 2 aromatic rings. The van der Waals surface area contributed by atoms with Gasteiger partial charge in [0, 0.05) is 12.0 Å². The molecule has 19 heavy (non-hydrogen) atoms. The number of hydrogen-bond donors (Lipinski definition) is 1. The fourth-order valence-electron chi connectivity index (χ4n) is 1.83. The van der Waals surface area contributed by atoms with Crippen molar-refractivity contribution in [1.82, 2.24) is 15.5 Å². The second-order valence-electron chi connectivity index (χ2n) is 4.27. The predicted molar refractivity (Wildman–Crippen MR) is 72.1 cm³/mol. The van der Waals surface area contributed by atoms with E-state index < -0.39 is 0 Å². The molecule has 1 aromatic heterocycles. The zero-order chi connectivity index (χ0) is 13.5. The van der Waals surface area contributed by atoms with Crippen LogP contribution in [-0.2, 0) is 13.0 Å². The number of nitrogens with one attached hydrogen (secondary N) is 1. The first-order valence-electron chi connectivity index (χ1n) is 6.47. The molecule has 0 fully saturated rings. The SMILES string of the molecule is CCCNCc1nc(Cc2ccccc2OC)no1. The van der Waals surface area contributed by atoms with Gasteiger partial charge in [-0.05, 0) is 19.0 Å². The zero-order valence-electron chi connectivity index (χ0n) is 11.3. The maximum absolute atomic E-state index is 5.31. The van der Waals surface area contributed by atoms with Crippen molar-refractivity contribution in [2.75, 3.05) is 13.7 Å². The van der Waals surface area contributed by atoms with E-state index in [2.05, 4.69) is 22.4 Å². The first kappa shape index (κ1) is 13.5. The van der Waals surface area contributed by atoms with E-state index in [1.165, 1.54) is 0 Å². The van der Waals surface area contributed by atoms with Crippen molar-refractivity contribution in [3.05, 3.63) is 41.5 Å². The normalized spacial score (nSPS) is 10.6. The van der Waals surface area contributed by atoms with E-state index in [-0.39, 0.29) is 0 Å². The van der Waals surface area contributed by atoms with Crippen LogP contribution in [0.5, 0.6) is 5.75 Å². The van der Waals surface area contributed by atoms with Gasteiger partial charge in [0.2, 0.25) is 5.89 Å². The summed E-state index contributed by atoms with van der Waals surface area (Å²) in [5.41, 5.74) is 1.05. The summed E-state index contributed by atoms with van der Waals surface area (Å²) in [6, 6.07) is 7.85. The van der Waals surface area contributed by atoms with Gasteiger partial charge in [-0.1, -0.05) is 30.3 Å². The smallest absolute Gasteiger partial charge is 0.240 e. The van der Waals surface area contributed by atoms with Crippen LogP contribution < -0.4 is 10.1 Å². The van der Waals surface area contributed by atoms with Crippen molar-refractivity contribution < 1.29 is 9.26 Å². The monoisotopic (exact) mass is 261 g/mol. The molecule has 0 spiro atoms. The standard InChI is InChI=1S/C14H19N3O2/c1-3-8-15-10-14-16-13(17-19-14)9-11-6-4-5-7-12(11)18-2/h4-7,15H,3,8-10H2,1-2H3. The Bertz CT molecular complexity index is 511. The predicted octanol–water partition coefficient (Wildman–Crippen LogP) is 2.17. The summed E-state index contributed by atoms with van der Waals surface area (Å²) in [6.07, 6.45) is 1.70. The van der Waals surface area contributed by atoms with Crippen LogP contribution in [0.25, 0.3) is 0 Å². The molecule has 5 heteroatoms. The Morgan fingerprint density at radius 2 is 2.16 bits per heavy atom.